The standard InChI is InChI=1S/C21H24FN3O3/c1-21(2)12-25(18(27)5-3-4-17(23)26)16-11-14(20(28)24-19(16)21)10-13-6-8-15(22)9-7-13/h6-9,11H,3-5,10,12H2,1-2H3,(H2,23,26)(H,24,28). The molecule has 148 valence electrons. The Bertz CT molecular complexity index is 964. The zero-order valence-corrected chi connectivity index (χ0v) is 16.0. The maximum Gasteiger partial charge on any atom is 0.251 e. The van der Waals surface area contributed by atoms with E-state index in [0.29, 0.717) is 30.6 Å². The summed E-state index contributed by atoms with van der Waals surface area (Å²) in [5, 5.41) is 0. The maximum atomic E-state index is 13.1. The van der Waals surface area contributed by atoms with Gasteiger partial charge in [-0.3, -0.25) is 14.4 Å². The molecular weight excluding hydrogens is 361 g/mol. The second-order valence-electron chi connectivity index (χ2n) is 7.87. The van der Waals surface area contributed by atoms with Crippen LogP contribution in [0.1, 0.15) is 49.9 Å². The van der Waals surface area contributed by atoms with Gasteiger partial charge < -0.3 is 15.6 Å². The van der Waals surface area contributed by atoms with Crippen molar-refractivity contribution in [1.29, 1.82) is 0 Å². The van der Waals surface area contributed by atoms with Gasteiger partial charge in [0.2, 0.25) is 11.8 Å². The molecule has 3 rings (SSSR count). The fourth-order valence-corrected chi connectivity index (χ4v) is 3.57. The van der Waals surface area contributed by atoms with Crippen molar-refractivity contribution in [3.05, 3.63) is 63.3 Å². The van der Waals surface area contributed by atoms with Gasteiger partial charge in [-0.15, -0.1) is 0 Å². The smallest absolute Gasteiger partial charge is 0.251 e. The van der Waals surface area contributed by atoms with Gasteiger partial charge in [0.05, 0.1) is 5.69 Å². The number of aromatic nitrogens is 1. The Morgan fingerprint density at radius 1 is 1.21 bits per heavy atom. The first-order valence-corrected chi connectivity index (χ1v) is 9.27. The Labute approximate surface area is 162 Å². The number of amides is 2. The van der Waals surface area contributed by atoms with E-state index in [1.807, 2.05) is 13.8 Å². The van der Waals surface area contributed by atoms with Crippen LogP contribution in [0.4, 0.5) is 10.1 Å². The molecule has 28 heavy (non-hydrogen) atoms. The van der Waals surface area contributed by atoms with Crippen LogP contribution in [0, 0.1) is 5.82 Å². The number of nitrogens with zero attached hydrogens (tertiary/aromatic N) is 1. The van der Waals surface area contributed by atoms with Gasteiger partial charge in [0.25, 0.3) is 5.56 Å². The molecule has 3 N–H and O–H groups in total. The number of primary amides is 1. The molecule has 6 nitrogen and oxygen atoms in total. The number of pyridine rings is 1. The predicted molar refractivity (Wildman–Crippen MR) is 105 cm³/mol. The van der Waals surface area contributed by atoms with Crippen LogP contribution in [0.3, 0.4) is 0 Å². The van der Waals surface area contributed by atoms with Crippen molar-refractivity contribution in [3.8, 4) is 0 Å². The molecular formula is C21H24FN3O3. The Hall–Kier alpha value is -2.96. The zero-order valence-electron chi connectivity index (χ0n) is 16.0. The Kier molecular flexibility index (Phi) is 5.36. The molecule has 0 fully saturated rings. The zero-order chi connectivity index (χ0) is 20.5. The molecule has 0 saturated heterocycles. The maximum absolute atomic E-state index is 13.1. The van der Waals surface area contributed by atoms with Crippen molar-refractivity contribution in [2.45, 2.75) is 44.9 Å². The fraction of sp³-hybridized carbons (Fsp3) is 0.381. The minimum absolute atomic E-state index is 0.104. The molecule has 1 aliphatic heterocycles. The molecule has 7 heteroatoms. The van der Waals surface area contributed by atoms with E-state index in [4.69, 9.17) is 5.73 Å². The number of carbonyl (C=O) groups excluding carboxylic acids is 2. The summed E-state index contributed by atoms with van der Waals surface area (Å²) in [4.78, 5) is 40.8. The second-order valence-corrected chi connectivity index (χ2v) is 7.87. The Morgan fingerprint density at radius 3 is 2.54 bits per heavy atom. The lowest BCUT2D eigenvalue weighted by molar-refractivity contribution is -0.119. The summed E-state index contributed by atoms with van der Waals surface area (Å²) in [5.74, 6) is -0.866. The number of aromatic amines is 1. The number of anilines is 1. The number of nitrogens with two attached hydrogens (primary N) is 1. The van der Waals surface area contributed by atoms with E-state index < -0.39 is 5.91 Å². The molecule has 1 aromatic heterocycles. The predicted octanol–water partition coefficient (Wildman–Crippen LogP) is 2.38. The highest BCUT2D eigenvalue weighted by atomic mass is 19.1. The molecule has 0 aliphatic carbocycles. The third-order valence-electron chi connectivity index (χ3n) is 5.04. The highest BCUT2D eigenvalue weighted by molar-refractivity contribution is 5.96. The van der Waals surface area contributed by atoms with E-state index >= 15 is 0 Å². The van der Waals surface area contributed by atoms with Crippen LogP contribution in [-0.2, 0) is 21.4 Å². The summed E-state index contributed by atoms with van der Waals surface area (Å²) < 4.78 is 13.1. The quantitative estimate of drug-likeness (QED) is 0.799. The van der Waals surface area contributed by atoms with E-state index in [1.165, 1.54) is 12.1 Å². The average Bonchev–Trinajstić information content (AvgIpc) is 2.87. The molecule has 0 unspecified atom stereocenters. The summed E-state index contributed by atoms with van der Waals surface area (Å²) in [6, 6.07) is 7.73. The molecule has 2 amide bonds. The van der Waals surface area contributed by atoms with Crippen LogP contribution < -0.4 is 16.2 Å². The highest BCUT2D eigenvalue weighted by Crippen LogP contribution is 2.39. The highest BCUT2D eigenvalue weighted by Gasteiger charge is 2.39. The van der Waals surface area contributed by atoms with Crippen LogP contribution in [0.5, 0.6) is 0 Å². The first kappa shape index (κ1) is 19.8. The van der Waals surface area contributed by atoms with Crippen LogP contribution in [-0.4, -0.2) is 23.3 Å². The second kappa shape index (κ2) is 7.58. The topological polar surface area (TPSA) is 96.3 Å². The van der Waals surface area contributed by atoms with Gasteiger partial charge in [0.15, 0.2) is 0 Å². The number of fused-ring (bicyclic) bond motifs is 1. The number of hydrogen-bond acceptors (Lipinski definition) is 3. The monoisotopic (exact) mass is 385 g/mol. The average molecular weight is 385 g/mol. The van der Waals surface area contributed by atoms with Gasteiger partial charge in [0, 0.05) is 42.5 Å². The van der Waals surface area contributed by atoms with Crippen LogP contribution in [0.15, 0.2) is 35.1 Å². The van der Waals surface area contributed by atoms with Crippen molar-refractivity contribution >= 4 is 17.5 Å². The first-order chi connectivity index (χ1) is 13.2. The number of benzene rings is 1. The number of hydrogen-bond donors (Lipinski definition) is 2. The molecule has 0 spiro atoms. The van der Waals surface area contributed by atoms with Gasteiger partial charge in [-0.2, -0.15) is 0 Å². The fourth-order valence-electron chi connectivity index (χ4n) is 3.57. The van der Waals surface area contributed by atoms with Crippen LogP contribution in [0.25, 0.3) is 0 Å². The summed E-state index contributed by atoms with van der Waals surface area (Å²) in [6.45, 7) is 4.39. The van der Waals surface area contributed by atoms with Gasteiger partial charge in [-0.05, 0) is 30.2 Å². The third kappa shape index (κ3) is 4.13. The summed E-state index contributed by atoms with van der Waals surface area (Å²) >= 11 is 0. The SMILES string of the molecule is CC1(C)CN(C(=O)CCCC(N)=O)c2cc(Cc3ccc(F)cc3)c(=O)[nH]c21. The molecule has 1 aliphatic rings. The number of rotatable bonds is 6. The third-order valence-corrected chi connectivity index (χ3v) is 5.04. The van der Waals surface area contributed by atoms with Crippen molar-refractivity contribution in [2.24, 2.45) is 5.73 Å². The van der Waals surface area contributed by atoms with Crippen LogP contribution >= 0.6 is 0 Å². The van der Waals surface area contributed by atoms with E-state index in [1.54, 1.807) is 23.1 Å². The largest absolute Gasteiger partial charge is 0.370 e. The molecule has 2 aromatic rings. The van der Waals surface area contributed by atoms with Gasteiger partial charge >= 0.3 is 0 Å². The molecule has 0 bridgehead atoms. The molecule has 0 atom stereocenters. The van der Waals surface area contributed by atoms with E-state index in [0.717, 1.165) is 11.3 Å². The summed E-state index contributed by atoms with van der Waals surface area (Å²) in [7, 11) is 0. The minimum atomic E-state index is -0.430. The van der Waals surface area contributed by atoms with Crippen molar-refractivity contribution in [3.63, 3.8) is 0 Å². The molecule has 1 aromatic carbocycles. The normalized spacial score (nSPS) is 14.8. The summed E-state index contributed by atoms with van der Waals surface area (Å²) in [6.07, 6.45) is 1.11. The molecule has 0 radical (unpaired) electrons. The first-order valence-electron chi connectivity index (χ1n) is 9.27. The minimum Gasteiger partial charge on any atom is -0.370 e. The van der Waals surface area contributed by atoms with Crippen molar-refractivity contribution in [2.75, 3.05) is 11.4 Å². The number of H-pyrrole nitrogens is 1. The van der Waals surface area contributed by atoms with Crippen molar-refractivity contribution < 1.29 is 14.0 Å². The lowest BCUT2D eigenvalue weighted by atomic mass is 9.91. The van der Waals surface area contributed by atoms with E-state index in [-0.39, 0.29) is 35.5 Å². The lowest BCUT2D eigenvalue weighted by Crippen LogP contribution is -2.34. The lowest BCUT2D eigenvalue weighted by Gasteiger charge is -2.20. The number of halogens is 1. The van der Waals surface area contributed by atoms with Gasteiger partial charge in [0.1, 0.15) is 5.82 Å². The molecule has 0 saturated carbocycles. The van der Waals surface area contributed by atoms with Gasteiger partial charge in [-0.25, -0.2) is 4.39 Å². The van der Waals surface area contributed by atoms with E-state index in [2.05, 4.69) is 4.98 Å². The Morgan fingerprint density at radius 2 is 1.89 bits per heavy atom. The van der Waals surface area contributed by atoms with Gasteiger partial charge in [-0.1, -0.05) is 26.0 Å². The number of nitrogens with one attached hydrogen (secondary N) is 1. The van der Waals surface area contributed by atoms with Crippen LogP contribution in [0.2, 0.25) is 0 Å². The summed E-state index contributed by atoms with van der Waals surface area (Å²) in [5.41, 5.74) is 7.28. The number of carbonyl (C=O) groups is 2. The van der Waals surface area contributed by atoms with E-state index in [9.17, 15) is 18.8 Å². The molecule has 2 heterocycles. The van der Waals surface area contributed by atoms with Crippen molar-refractivity contribution in [1.82, 2.24) is 4.98 Å². The Balaban J connectivity index is 1.89.